The van der Waals surface area contributed by atoms with E-state index < -0.39 is 168 Å². The number of benzene rings is 3. The molecule has 123 heavy (non-hydrogen) atoms. The van der Waals surface area contributed by atoms with E-state index >= 15 is 4.39 Å². The first kappa shape index (κ1) is 97.6. The summed E-state index contributed by atoms with van der Waals surface area (Å²) < 4.78 is 132. The quantitative estimate of drug-likeness (QED) is 0.0103. The van der Waals surface area contributed by atoms with Gasteiger partial charge in [-0.05, 0) is 156 Å². The molecule has 0 radical (unpaired) electrons. The number of rotatable bonds is 30. The first-order valence-corrected chi connectivity index (χ1v) is 44.5. The zero-order chi connectivity index (χ0) is 90.4. The van der Waals surface area contributed by atoms with E-state index in [1.54, 1.807) is 134 Å². The Morgan fingerprint density at radius 3 is 1.16 bits per heavy atom. The van der Waals surface area contributed by atoms with Crippen LogP contribution in [-0.4, -0.2) is 254 Å². The molecule has 5 saturated heterocycles. The van der Waals surface area contributed by atoms with Crippen molar-refractivity contribution in [2.45, 2.75) is 237 Å². The van der Waals surface area contributed by atoms with Crippen LogP contribution in [0.25, 0.3) is 0 Å². The molecule has 5 fully saturated rings. The smallest absolute Gasteiger partial charge is 0.459 e. The number of halogens is 1. The van der Waals surface area contributed by atoms with E-state index in [4.69, 9.17) is 75.5 Å². The van der Waals surface area contributed by atoms with Gasteiger partial charge in [0.1, 0.15) is 89.3 Å². The molecule has 10 aliphatic rings. The molecule has 0 bridgehead atoms. The number of carbonyl (C=O) groups is 11. The predicted molar refractivity (Wildman–Crippen MR) is 430 cm³/mol. The van der Waals surface area contributed by atoms with Crippen LogP contribution in [0.3, 0.4) is 0 Å². The summed E-state index contributed by atoms with van der Waals surface area (Å²) in [7, 11) is -11.5. The fraction of sp³-hybridized carbons (Fsp3) is 0.519. The van der Waals surface area contributed by atoms with Gasteiger partial charge in [0.05, 0.1) is 70.4 Å². The number of para-hydroxylation sites is 3. The highest BCUT2D eigenvalue weighted by Gasteiger charge is 2.72. The molecule has 6 N–H and O–H groups in total. The Kier molecular flexibility index (Phi) is 33.1. The Morgan fingerprint density at radius 2 is 0.813 bits per heavy atom. The summed E-state index contributed by atoms with van der Waals surface area (Å²) in [5.41, 5.74) is -2.93. The third-order valence-corrected chi connectivity index (χ3v) is 24.1. The highest BCUT2D eigenvalue weighted by Crippen LogP contribution is 2.55. The van der Waals surface area contributed by atoms with Crippen LogP contribution in [0.5, 0.6) is 17.2 Å². The second-order valence-corrected chi connectivity index (χ2v) is 36.6. The molecule has 0 spiro atoms. The lowest BCUT2D eigenvalue weighted by Crippen LogP contribution is -2.51. The van der Waals surface area contributed by atoms with Crippen molar-refractivity contribution in [2.75, 3.05) is 33.1 Å². The molecule has 1 unspecified atom stereocenters. The maximum absolute atomic E-state index is 15.5. The predicted octanol–water partition coefficient (Wildman–Crippen LogP) is 6.53. The van der Waals surface area contributed by atoms with E-state index in [9.17, 15) is 71.5 Å². The van der Waals surface area contributed by atoms with E-state index in [2.05, 4.69) is 15.3 Å². The molecule has 0 aliphatic carbocycles. The topological polar surface area (TPSA) is 485 Å². The normalized spacial score (nSPS) is 29.4. The number of aliphatic hydroxyl groups is 3. The molecular weight excluding hydrogens is 1680 g/mol. The third-order valence-electron chi connectivity index (χ3n) is 19.4. The van der Waals surface area contributed by atoms with Crippen molar-refractivity contribution >= 4 is 87.7 Å². The van der Waals surface area contributed by atoms with Crippen LogP contribution in [-0.2, 0) is 118 Å². The molecule has 20 atom stereocenters. The fourth-order valence-electron chi connectivity index (χ4n) is 13.4. The molecule has 10 heterocycles. The number of carbonyl (C=O) groups excluding carboxylic acids is 11. The number of nitrogens with zero attached hydrogens (tertiary/aromatic N) is 4. The number of fused-ring (bicyclic) bond motifs is 2. The highest BCUT2D eigenvalue weighted by molar-refractivity contribution is 7.56. The number of allylic oxidation sites excluding steroid dienone is 4. The zero-order valence-electron chi connectivity index (χ0n) is 70.1. The zero-order valence-corrected chi connectivity index (χ0v) is 72.8. The summed E-state index contributed by atoms with van der Waals surface area (Å²) in [6.45, 7) is 21.6. The number of alkyl halides is 1. The number of esters is 3. The van der Waals surface area contributed by atoms with Crippen LogP contribution in [0.15, 0.2) is 152 Å². The lowest BCUT2D eigenvalue weighted by atomic mass is 9.97. The molecule has 4 amide bonds. The number of nitrogens with one attached hydrogen (secondary N) is 3. The van der Waals surface area contributed by atoms with E-state index in [1.165, 1.54) is 84.2 Å². The lowest BCUT2D eigenvalue weighted by Gasteiger charge is -2.32. The minimum absolute atomic E-state index is 0.113. The summed E-state index contributed by atoms with van der Waals surface area (Å²) in [5, 5.41) is 36.4. The largest absolute Gasteiger partial charge is 0.462 e. The average Bonchev–Trinajstić information content (AvgIpc) is 1.54. The van der Waals surface area contributed by atoms with Crippen molar-refractivity contribution in [3.8, 4) is 17.2 Å². The maximum Gasteiger partial charge on any atom is 0.459 e. The van der Waals surface area contributed by atoms with Crippen molar-refractivity contribution in [2.24, 2.45) is 0 Å². The lowest BCUT2D eigenvalue weighted by molar-refractivity contribution is -0.158. The van der Waals surface area contributed by atoms with Crippen LogP contribution in [0.1, 0.15) is 116 Å². The Bertz CT molecular complexity index is 4650. The minimum atomic E-state index is -4.29. The number of hydrogen-bond donors (Lipinski definition) is 6. The van der Waals surface area contributed by atoms with E-state index in [0.29, 0.717) is 5.75 Å². The van der Waals surface area contributed by atoms with Gasteiger partial charge in [0.25, 0.3) is 0 Å². The van der Waals surface area contributed by atoms with Crippen LogP contribution >= 0.6 is 23.0 Å². The Balaban J connectivity index is 0.000000182. The van der Waals surface area contributed by atoms with Gasteiger partial charge in [-0.1, -0.05) is 60.7 Å². The van der Waals surface area contributed by atoms with E-state index in [0.717, 1.165) is 29.7 Å². The maximum atomic E-state index is 15.5. The number of ether oxygens (including phenoxy) is 9. The molecule has 10 aliphatic heterocycles. The molecule has 3 aromatic rings. The summed E-state index contributed by atoms with van der Waals surface area (Å²) >= 11 is 0. The second kappa shape index (κ2) is 41.7. The average molecular weight is 1780 g/mol. The molecule has 13 rings (SSSR count). The van der Waals surface area contributed by atoms with Gasteiger partial charge in [0.2, 0.25) is 23.6 Å². The van der Waals surface area contributed by atoms with Crippen molar-refractivity contribution in [3.05, 3.63) is 152 Å². The summed E-state index contributed by atoms with van der Waals surface area (Å²) in [4.78, 5) is 134. The van der Waals surface area contributed by atoms with Gasteiger partial charge in [-0.25, -0.2) is 18.6 Å². The standard InChI is InChI=1S/C23H30FN2O9P.C23H29N2O9P.C13H20NO4P.C11H13NO5.C11H13NO4/c1-14(2)33-21(30)15(3)25-36(31,35-17-8-6-5-7-9-17)32-13-18-20(29)23(4,24)22(34-18)26-11-10-16(27)12-19(26)28;1-14(2)31-21(28)15(3)24-35(29,34-17-8-6-5-7-9-17)30-13-18-20-23(4,33-20)22(32-18)25-11-10-16(26)12-19(25)27;1-10(2)17-13(15)11(3)14-19(4,16)18-12-8-6-5-7-9-12;1-11-9(17-11)7(5-13)16-10(11)12-3-2-6(14)4-8(12)15;1-7-4-9(6-13)16-11(7)12-3-2-8(14)5-10(12)15/h5-11,14-15,18,20,22,29H,12-13H2,1-4H3,(H,25,31);5-11,14-15,18,20,22H,12-13H2,1-4H3,(H,24,29);5-11H,1-4H3,(H,14,16);2-3,7,9-10,13H,4-5H2,1H3;2-4,9,11,13H,5-6H2,1H3/t15-,18+,20+,22+,23+,36-;15-,18+,20-,22+,23-,35-;11-,19?;7-,9+,10-,11+;9-,11+/m00010/s1. The molecule has 0 saturated carbocycles. The van der Waals surface area contributed by atoms with E-state index in [-0.39, 0.29) is 104 Å². The van der Waals surface area contributed by atoms with Crippen LogP contribution in [0, 0.1) is 0 Å². The number of aliphatic hydroxyl groups excluding tert-OH is 3. The summed E-state index contributed by atoms with van der Waals surface area (Å²) in [5.74, 6) is -3.61. The van der Waals surface area contributed by atoms with Crippen LogP contribution in [0.4, 0.5) is 4.39 Å². The molecular formula is C81H105FN7O31P3. The van der Waals surface area contributed by atoms with Gasteiger partial charge in [-0.2, -0.15) is 10.2 Å². The number of ketones is 4. The Labute approximate surface area is 709 Å². The first-order chi connectivity index (χ1) is 57.8. The van der Waals surface area contributed by atoms with Crippen molar-refractivity contribution < 1.29 is 151 Å². The minimum Gasteiger partial charge on any atom is -0.462 e. The third kappa shape index (κ3) is 26.0. The number of epoxide rings is 2. The monoisotopic (exact) mass is 1780 g/mol. The van der Waals surface area contributed by atoms with Gasteiger partial charge >= 0.3 is 40.9 Å². The molecule has 0 aromatic heterocycles. The van der Waals surface area contributed by atoms with E-state index in [1.807, 2.05) is 19.9 Å². The molecule has 38 nitrogen and oxygen atoms in total. The second-order valence-electron chi connectivity index (χ2n) is 31.1. The molecule has 3 aromatic carbocycles. The van der Waals surface area contributed by atoms with Crippen molar-refractivity contribution in [1.82, 2.24) is 34.9 Å². The summed E-state index contributed by atoms with van der Waals surface area (Å²) in [6.07, 6.45) is 1.82. The summed E-state index contributed by atoms with van der Waals surface area (Å²) in [6, 6.07) is 22.4. The van der Waals surface area contributed by atoms with Crippen molar-refractivity contribution in [1.29, 1.82) is 0 Å². The fourth-order valence-corrected chi connectivity index (χ4v) is 17.7. The Hall–Kier alpha value is -9.21. The van der Waals surface area contributed by atoms with Gasteiger partial charge < -0.3 is 71.5 Å². The number of hydrogen-bond acceptors (Lipinski definition) is 31. The van der Waals surface area contributed by atoms with Crippen LogP contribution < -0.4 is 28.8 Å². The molecule has 672 valence electrons. The van der Waals surface area contributed by atoms with Crippen LogP contribution in [0.2, 0.25) is 0 Å². The van der Waals surface area contributed by atoms with Crippen molar-refractivity contribution in [3.63, 3.8) is 0 Å². The van der Waals surface area contributed by atoms with Gasteiger partial charge in [-0.15, -0.1) is 0 Å². The highest BCUT2D eigenvalue weighted by atomic mass is 31.2. The molecule has 42 heteroatoms. The SMILES string of the molecule is CC(C)OC(=O)[C@H](C)NP(C)(=O)Oc1ccccc1.CC(C)OC(=O)[C@H](C)N[P@](=O)(OC[C@H]1O[C@@H](N2C=CC(=O)CC2=O)[C@@]2(C)O[C@@H]12)Oc1ccccc1.CC(C)OC(=O)[C@H](C)N[P@](=O)(OC[C@H]1O[C@@H](N2C=CC(=O)CC2=O)[C@](C)(F)[C@@H]1O)Oc1ccccc1.CC1=C[C@@H](CO)O[C@H]1N1C=CC(=O)CC1=O.C[C@]12O[C@H]1[C@@H](CO)O[C@H]2N1C=CC(=O)CC1=O. The van der Waals surface area contributed by atoms with Gasteiger partial charge in [0, 0.05) is 31.5 Å². The Morgan fingerprint density at radius 1 is 0.480 bits per heavy atom. The van der Waals surface area contributed by atoms with Gasteiger partial charge in [-0.3, -0.25) is 86.0 Å². The first-order valence-electron chi connectivity index (χ1n) is 39.4. The van der Waals surface area contributed by atoms with Gasteiger partial charge in [0.15, 0.2) is 53.7 Å². The number of amides is 4.